The molecule has 0 bridgehead atoms. The van der Waals surface area contributed by atoms with Gasteiger partial charge in [-0.15, -0.1) is 0 Å². The predicted octanol–water partition coefficient (Wildman–Crippen LogP) is 2.88. The number of sulfonamides is 1. The van der Waals surface area contributed by atoms with Gasteiger partial charge in [0.25, 0.3) is 0 Å². The number of carbonyl (C=O) groups excluding carboxylic acids is 1. The van der Waals surface area contributed by atoms with Gasteiger partial charge in [-0.05, 0) is 49.8 Å². The summed E-state index contributed by atoms with van der Waals surface area (Å²) in [6.07, 6.45) is 5.69. The lowest BCUT2D eigenvalue weighted by molar-refractivity contribution is -0.117. The van der Waals surface area contributed by atoms with Crippen molar-refractivity contribution < 1.29 is 13.2 Å². The molecule has 2 N–H and O–H groups in total. The maximum atomic E-state index is 12.9. The second-order valence-electron chi connectivity index (χ2n) is 7.66. The van der Waals surface area contributed by atoms with Crippen molar-refractivity contribution in [1.82, 2.24) is 9.62 Å². The minimum absolute atomic E-state index is 0.0700. The van der Waals surface area contributed by atoms with Crippen molar-refractivity contribution in [1.29, 1.82) is 0 Å². The van der Waals surface area contributed by atoms with Crippen LogP contribution in [0.5, 0.6) is 0 Å². The molecule has 6 nitrogen and oxygen atoms in total. The van der Waals surface area contributed by atoms with Crippen molar-refractivity contribution in [3.63, 3.8) is 0 Å². The van der Waals surface area contributed by atoms with Crippen molar-refractivity contribution >= 4 is 21.6 Å². The first-order valence-electron chi connectivity index (χ1n) is 10.0. The zero-order chi connectivity index (χ0) is 19.6. The molecule has 1 saturated carbocycles. The third-order valence-corrected chi connectivity index (χ3v) is 8.15. The summed E-state index contributed by atoms with van der Waals surface area (Å²) in [6.45, 7) is 6.28. The molecule has 1 aromatic rings. The molecule has 0 spiro atoms. The van der Waals surface area contributed by atoms with Gasteiger partial charge in [-0.1, -0.05) is 32.8 Å². The van der Waals surface area contributed by atoms with Crippen molar-refractivity contribution in [2.45, 2.75) is 69.9 Å². The lowest BCUT2D eigenvalue weighted by Gasteiger charge is -2.24. The Balaban J connectivity index is 1.75. The SMILES string of the molecule is CCN(CC)S(=O)(=O)c1cc(NC(=O)C2CC3CCCCC3N2)ccc1C. The molecular weight excluding hydrogens is 362 g/mol. The Morgan fingerprint density at radius 3 is 2.59 bits per heavy atom. The standard InChI is InChI=1S/C20H31N3O3S/c1-4-23(5-2)27(25,26)19-13-16(11-10-14(19)3)21-20(24)18-12-15-8-6-7-9-17(15)22-18/h10-11,13,15,17-18,22H,4-9,12H2,1-3H3,(H,21,24). The second-order valence-corrected chi connectivity index (χ2v) is 9.57. The van der Waals surface area contributed by atoms with E-state index in [1.807, 2.05) is 13.8 Å². The predicted molar refractivity (Wildman–Crippen MR) is 107 cm³/mol. The Morgan fingerprint density at radius 2 is 1.93 bits per heavy atom. The summed E-state index contributed by atoms with van der Waals surface area (Å²) in [7, 11) is -3.56. The van der Waals surface area contributed by atoms with Crippen LogP contribution in [-0.4, -0.2) is 43.8 Å². The number of carbonyl (C=O) groups is 1. The van der Waals surface area contributed by atoms with E-state index in [0.717, 1.165) is 12.8 Å². The number of rotatable bonds is 6. The number of hydrogen-bond acceptors (Lipinski definition) is 4. The van der Waals surface area contributed by atoms with E-state index < -0.39 is 10.0 Å². The van der Waals surface area contributed by atoms with Gasteiger partial charge in [0.2, 0.25) is 15.9 Å². The van der Waals surface area contributed by atoms with Crippen molar-refractivity contribution in [3.05, 3.63) is 23.8 Å². The maximum Gasteiger partial charge on any atom is 0.243 e. The van der Waals surface area contributed by atoms with E-state index in [2.05, 4.69) is 10.6 Å². The molecule has 7 heteroatoms. The number of anilines is 1. The summed E-state index contributed by atoms with van der Waals surface area (Å²) in [5.74, 6) is 0.519. The summed E-state index contributed by atoms with van der Waals surface area (Å²) >= 11 is 0. The monoisotopic (exact) mass is 393 g/mol. The lowest BCUT2D eigenvalue weighted by Crippen LogP contribution is -2.40. The maximum absolute atomic E-state index is 12.9. The van der Waals surface area contributed by atoms with Gasteiger partial charge >= 0.3 is 0 Å². The third-order valence-electron chi connectivity index (χ3n) is 5.96. The van der Waals surface area contributed by atoms with Gasteiger partial charge in [0, 0.05) is 24.8 Å². The molecule has 1 amide bonds. The first kappa shape index (κ1) is 20.3. The molecule has 3 atom stereocenters. The van der Waals surface area contributed by atoms with E-state index in [-0.39, 0.29) is 16.8 Å². The molecule has 1 aliphatic heterocycles. The van der Waals surface area contributed by atoms with Crippen LogP contribution in [-0.2, 0) is 14.8 Å². The van der Waals surface area contributed by atoms with Gasteiger partial charge in [-0.25, -0.2) is 8.42 Å². The smallest absolute Gasteiger partial charge is 0.243 e. The number of hydrogen-bond donors (Lipinski definition) is 2. The largest absolute Gasteiger partial charge is 0.325 e. The normalized spacial score (nSPS) is 25.4. The average Bonchev–Trinajstić information content (AvgIpc) is 3.08. The summed E-state index contributed by atoms with van der Waals surface area (Å²) in [4.78, 5) is 13.0. The molecule has 1 saturated heterocycles. The summed E-state index contributed by atoms with van der Waals surface area (Å²) < 4.78 is 27.2. The van der Waals surface area contributed by atoms with Crippen LogP contribution >= 0.6 is 0 Å². The van der Waals surface area contributed by atoms with Crippen LogP contribution in [0.15, 0.2) is 23.1 Å². The molecule has 0 aromatic heterocycles. The Labute approximate surface area is 162 Å². The fraction of sp³-hybridized carbons (Fsp3) is 0.650. The summed E-state index contributed by atoms with van der Waals surface area (Å²) in [6, 6.07) is 5.38. The Bertz CT molecular complexity index is 776. The Morgan fingerprint density at radius 1 is 1.22 bits per heavy atom. The Hall–Kier alpha value is -1.44. The van der Waals surface area contributed by atoms with Gasteiger partial charge in [-0.3, -0.25) is 4.79 Å². The molecule has 3 unspecified atom stereocenters. The number of aryl methyl sites for hydroxylation is 1. The molecule has 27 heavy (non-hydrogen) atoms. The van der Waals surface area contributed by atoms with Crippen LogP contribution in [0.25, 0.3) is 0 Å². The topological polar surface area (TPSA) is 78.5 Å². The van der Waals surface area contributed by atoms with Crippen LogP contribution in [0.4, 0.5) is 5.69 Å². The van der Waals surface area contributed by atoms with E-state index >= 15 is 0 Å². The average molecular weight is 394 g/mol. The van der Waals surface area contributed by atoms with E-state index in [1.165, 1.54) is 23.6 Å². The molecule has 2 fully saturated rings. The van der Waals surface area contributed by atoms with Gasteiger partial charge in [0.15, 0.2) is 0 Å². The highest BCUT2D eigenvalue weighted by molar-refractivity contribution is 7.89. The highest BCUT2D eigenvalue weighted by Crippen LogP contribution is 2.33. The molecule has 2 aliphatic rings. The van der Waals surface area contributed by atoms with Crippen LogP contribution in [0.3, 0.4) is 0 Å². The molecular formula is C20H31N3O3S. The number of nitrogens with zero attached hydrogens (tertiary/aromatic N) is 1. The molecule has 150 valence electrons. The third kappa shape index (κ3) is 4.20. The van der Waals surface area contributed by atoms with Crippen molar-refractivity contribution in [2.75, 3.05) is 18.4 Å². The van der Waals surface area contributed by atoms with Crippen LogP contribution in [0.2, 0.25) is 0 Å². The number of benzene rings is 1. The van der Waals surface area contributed by atoms with E-state index in [0.29, 0.717) is 36.3 Å². The fourth-order valence-corrected chi connectivity index (χ4v) is 6.12. The van der Waals surface area contributed by atoms with Gasteiger partial charge in [0.05, 0.1) is 10.9 Å². The highest BCUT2D eigenvalue weighted by atomic mass is 32.2. The molecule has 0 radical (unpaired) electrons. The van der Waals surface area contributed by atoms with E-state index in [9.17, 15) is 13.2 Å². The zero-order valence-electron chi connectivity index (χ0n) is 16.5. The van der Waals surface area contributed by atoms with Crippen molar-refractivity contribution in [2.24, 2.45) is 5.92 Å². The molecule has 3 rings (SSSR count). The van der Waals surface area contributed by atoms with Crippen molar-refractivity contribution in [3.8, 4) is 0 Å². The number of nitrogens with one attached hydrogen (secondary N) is 2. The number of fused-ring (bicyclic) bond motifs is 1. The van der Waals surface area contributed by atoms with Crippen LogP contribution < -0.4 is 10.6 Å². The fourth-order valence-electron chi connectivity index (χ4n) is 4.41. The van der Waals surface area contributed by atoms with Gasteiger partial charge < -0.3 is 10.6 Å². The second kappa shape index (κ2) is 8.29. The van der Waals surface area contributed by atoms with Gasteiger partial charge in [0.1, 0.15) is 0 Å². The Kier molecular flexibility index (Phi) is 6.23. The van der Waals surface area contributed by atoms with Gasteiger partial charge in [-0.2, -0.15) is 4.31 Å². The quantitative estimate of drug-likeness (QED) is 0.779. The molecule has 1 heterocycles. The summed E-state index contributed by atoms with van der Waals surface area (Å²) in [5.41, 5.74) is 1.22. The minimum Gasteiger partial charge on any atom is -0.325 e. The molecule has 1 aliphatic carbocycles. The molecule has 1 aromatic carbocycles. The first-order chi connectivity index (χ1) is 12.9. The van der Waals surface area contributed by atoms with E-state index in [4.69, 9.17) is 0 Å². The highest BCUT2D eigenvalue weighted by Gasteiger charge is 2.38. The number of amides is 1. The lowest BCUT2D eigenvalue weighted by atomic mass is 9.85. The minimum atomic E-state index is -3.56. The van der Waals surface area contributed by atoms with Crippen LogP contribution in [0.1, 0.15) is 51.5 Å². The van der Waals surface area contributed by atoms with Crippen LogP contribution in [0, 0.1) is 12.8 Å². The van der Waals surface area contributed by atoms with E-state index in [1.54, 1.807) is 25.1 Å². The zero-order valence-corrected chi connectivity index (χ0v) is 17.3. The first-order valence-corrected chi connectivity index (χ1v) is 11.5. The summed E-state index contributed by atoms with van der Waals surface area (Å²) in [5, 5.41) is 6.39.